The Hall–Kier alpha value is -1.93. The van der Waals surface area contributed by atoms with E-state index < -0.39 is 18.5 Å². The fourth-order valence-corrected chi connectivity index (χ4v) is 6.93. The molecule has 6 nitrogen and oxygen atoms in total. The number of hydrogen-bond acceptors (Lipinski definition) is 5. The molecule has 0 unspecified atom stereocenters. The van der Waals surface area contributed by atoms with Crippen LogP contribution in [0.1, 0.15) is 64.9 Å². The fourth-order valence-electron chi connectivity index (χ4n) is 5.56. The zero-order valence-electron chi connectivity index (χ0n) is 20.1. The molecule has 34 heavy (non-hydrogen) atoms. The number of nitrogens with zero attached hydrogens (tertiary/aromatic N) is 1. The molecule has 182 valence electrons. The van der Waals surface area contributed by atoms with Gasteiger partial charge in [0.25, 0.3) is 0 Å². The number of hydrogen-bond donors (Lipinski definition) is 1. The van der Waals surface area contributed by atoms with Crippen molar-refractivity contribution in [1.82, 2.24) is 4.90 Å². The normalized spacial score (nSPS) is 22.0. The van der Waals surface area contributed by atoms with Crippen LogP contribution in [0.2, 0.25) is 0 Å². The first-order chi connectivity index (χ1) is 15.7. The van der Waals surface area contributed by atoms with Crippen LogP contribution in [-0.4, -0.2) is 41.2 Å². The van der Waals surface area contributed by atoms with Gasteiger partial charge in [-0.1, -0.05) is 43.6 Å². The van der Waals surface area contributed by atoms with Crippen LogP contribution >= 0.6 is 31.9 Å². The molecule has 2 aliphatic carbocycles. The van der Waals surface area contributed by atoms with E-state index in [9.17, 15) is 19.5 Å². The molecule has 1 aliphatic heterocycles. The number of carbonyl (C=O) groups excluding carboxylic acids is 2. The highest BCUT2D eigenvalue weighted by molar-refractivity contribution is 9.11. The highest BCUT2D eigenvalue weighted by atomic mass is 79.9. The summed E-state index contributed by atoms with van der Waals surface area (Å²) in [6.07, 6.45) is 2.21. The lowest BCUT2D eigenvalue weighted by Crippen LogP contribution is -2.43. The van der Waals surface area contributed by atoms with Gasteiger partial charge in [-0.2, -0.15) is 0 Å². The molecule has 1 aromatic rings. The molecule has 0 aromatic heterocycles. The van der Waals surface area contributed by atoms with Crippen LogP contribution in [0.3, 0.4) is 0 Å². The number of halogens is 2. The molecule has 3 aliphatic rings. The van der Waals surface area contributed by atoms with Gasteiger partial charge < -0.3 is 14.7 Å². The molecular formula is C26H29Br2NO5. The summed E-state index contributed by atoms with van der Waals surface area (Å²) >= 11 is 7.04. The van der Waals surface area contributed by atoms with Crippen LogP contribution in [0.5, 0.6) is 5.75 Å². The monoisotopic (exact) mass is 593 g/mol. The predicted octanol–water partition coefficient (Wildman–Crippen LogP) is 5.99. The summed E-state index contributed by atoms with van der Waals surface area (Å²) < 4.78 is 7.03. The minimum absolute atomic E-state index is 0.0209. The van der Waals surface area contributed by atoms with Crippen molar-refractivity contribution in [2.45, 2.75) is 59.3 Å². The summed E-state index contributed by atoms with van der Waals surface area (Å²) in [6.45, 7) is 7.84. The Morgan fingerprint density at radius 2 is 1.50 bits per heavy atom. The van der Waals surface area contributed by atoms with Gasteiger partial charge in [-0.3, -0.25) is 9.59 Å². The van der Waals surface area contributed by atoms with Crippen LogP contribution in [0.15, 0.2) is 43.6 Å². The van der Waals surface area contributed by atoms with Gasteiger partial charge in [0.15, 0.2) is 18.2 Å². The molecule has 1 aromatic carbocycles. The van der Waals surface area contributed by atoms with Gasteiger partial charge in [-0.15, -0.1) is 0 Å². The molecule has 0 fully saturated rings. The van der Waals surface area contributed by atoms with Crippen molar-refractivity contribution < 1.29 is 24.2 Å². The quantitative estimate of drug-likeness (QED) is 0.461. The molecule has 0 atom stereocenters. The molecule has 0 radical (unpaired) electrons. The molecule has 8 heteroatoms. The summed E-state index contributed by atoms with van der Waals surface area (Å²) in [7, 11) is 1.96. The van der Waals surface area contributed by atoms with E-state index >= 15 is 0 Å². The minimum atomic E-state index is -1.10. The first-order valence-electron chi connectivity index (χ1n) is 11.3. The summed E-state index contributed by atoms with van der Waals surface area (Å²) in [5.74, 6) is -1.32. The Morgan fingerprint density at radius 3 is 1.97 bits per heavy atom. The van der Waals surface area contributed by atoms with Crippen LogP contribution in [0.4, 0.5) is 0 Å². The zero-order chi connectivity index (χ0) is 25.2. The number of ether oxygens (including phenoxy) is 1. The number of carbonyl (C=O) groups is 3. The SMILES string of the molecule is CN1C2=C(C(=O)CC(C)(C)C2)C(c2cc(Br)cc(Br)c2OCC(=O)O)C2=C1CC(C)(C)CC2=O. The number of benzene rings is 1. The predicted molar refractivity (Wildman–Crippen MR) is 136 cm³/mol. The summed E-state index contributed by atoms with van der Waals surface area (Å²) in [4.78, 5) is 40.7. The maximum Gasteiger partial charge on any atom is 0.341 e. The third-order valence-electron chi connectivity index (χ3n) is 6.87. The van der Waals surface area contributed by atoms with E-state index in [4.69, 9.17) is 4.74 Å². The number of carboxylic acids is 1. The molecule has 0 saturated carbocycles. The molecule has 0 spiro atoms. The number of carboxylic acid groups (broad SMARTS) is 1. The zero-order valence-corrected chi connectivity index (χ0v) is 23.2. The van der Waals surface area contributed by atoms with Crippen molar-refractivity contribution in [3.63, 3.8) is 0 Å². The van der Waals surface area contributed by atoms with E-state index in [0.717, 1.165) is 15.9 Å². The second-order valence-electron chi connectivity index (χ2n) is 11.1. The summed E-state index contributed by atoms with van der Waals surface area (Å²) in [6, 6.07) is 3.62. The van der Waals surface area contributed by atoms with E-state index in [1.165, 1.54) is 0 Å². The first-order valence-corrected chi connectivity index (χ1v) is 12.9. The fraction of sp³-hybridized carbons (Fsp3) is 0.500. The average molecular weight is 595 g/mol. The Bertz CT molecular complexity index is 1120. The van der Waals surface area contributed by atoms with Crippen LogP contribution in [-0.2, 0) is 14.4 Å². The number of ketones is 2. The molecule has 0 bridgehead atoms. The van der Waals surface area contributed by atoms with Gasteiger partial charge in [-0.25, -0.2) is 4.79 Å². The number of aliphatic carboxylic acids is 1. The van der Waals surface area contributed by atoms with Crippen molar-refractivity contribution in [2.24, 2.45) is 10.8 Å². The van der Waals surface area contributed by atoms with E-state index in [1.807, 2.05) is 13.1 Å². The van der Waals surface area contributed by atoms with Gasteiger partial charge >= 0.3 is 5.97 Å². The smallest absolute Gasteiger partial charge is 0.341 e. The number of Topliss-reactive ketones (excluding diaryl/α,β-unsaturated/α-hetero) is 2. The van der Waals surface area contributed by atoms with Gasteiger partial charge in [0, 0.05) is 58.4 Å². The first kappa shape index (κ1) is 25.2. The number of allylic oxidation sites excluding steroid dienone is 4. The maximum absolute atomic E-state index is 13.7. The Balaban J connectivity index is 2.01. The standard InChI is InChI=1S/C26H29Br2NO5/c1-25(2)8-16-22(18(30)10-25)21(23-17(29(16)5)9-26(3,4)11-19(23)31)14-6-13(27)7-15(28)24(14)34-12-20(32)33/h6-7,21H,8-12H2,1-5H3,(H,32,33). The Labute approximate surface area is 216 Å². The van der Waals surface area contributed by atoms with Gasteiger partial charge in [-0.05, 0) is 51.7 Å². The molecule has 4 rings (SSSR count). The van der Waals surface area contributed by atoms with Crippen molar-refractivity contribution in [3.8, 4) is 5.75 Å². The molecular weight excluding hydrogens is 566 g/mol. The van der Waals surface area contributed by atoms with Crippen molar-refractivity contribution >= 4 is 49.4 Å². The second-order valence-corrected chi connectivity index (χ2v) is 12.9. The molecule has 0 saturated heterocycles. The lowest BCUT2D eigenvalue weighted by molar-refractivity contribution is -0.139. The summed E-state index contributed by atoms with van der Waals surface area (Å²) in [5.41, 5.74) is 3.36. The topological polar surface area (TPSA) is 83.9 Å². The molecule has 1 N–H and O–H groups in total. The maximum atomic E-state index is 13.7. The second kappa shape index (κ2) is 8.63. The number of rotatable bonds is 4. The van der Waals surface area contributed by atoms with E-state index in [0.29, 0.717) is 52.6 Å². The lowest BCUT2D eigenvalue weighted by Gasteiger charge is -2.48. The molecule has 0 amide bonds. The van der Waals surface area contributed by atoms with Crippen LogP contribution < -0.4 is 4.74 Å². The van der Waals surface area contributed by atoms with Crippen LogP contribution in [0, 0.1) is 10.8 Å². The van der Waals surface area contributed by atoms with Gasteiger partial charge in [0.1, 0.15) is 5.75 Å². The summed E-state index contributed by atoms with van der Waals surface area (Å²) in [5, 5.41) is 9.25. The Morgan fingerprint density at radius 1 is 1.00 bits per heavy atom. The van der Waals surface area contributed by atoms with E-state index in [1.54, 1.807) is 6.07 Å². The highest BCUT2D eigenvalue weighted by Gasteiger charge is 2.49. The van der Waals surface area contributed by atoms with Gasteiger partial charge in [0.05, 0.1) is 4.47 Å². The third kappa shape index (κ3) is 4.51. The van der Waals surface area contributed by atoms with E-state index in [-0.39, 0.29) is 22.4 Å². The van der Waals surface area contributed by atoms with Crippen molar-refractivity contribution in [2.75, 3.05) is 13.7 Å². The largest absolute Gasteiger partial charge is 0.480 e. The van der Waals surface area contributed by atoms with Crippen LogP contribution in [0.25, 0.3) is 0 Å². The Kier molecular flexibility index (Phi) is 6.39. The van der Waals surface area contributed by atoms with Crippen molar-refractivity contribution in [3.05, 3.63) is 49.2 Å². The van der Waals surface area contributed by atoms with E-state index in [2.05, 4.69) is 64.5 Å². The third-order valence-corrected chi connectivity index (χ3v) is 7.91. The lowest BCUT2D eigenvalue weighted by atomic mass is 9.63. The highest BCUT2D eigenvalue weighted by Crippen LogP contribution is 2.55. The minimum Gasteiger partial charge on any atom is -0.480 e. The average Bonchev–Trinajstić information content (AvgIpc) is 2.66. The van der Waals surface area contributed by atoms with Gasteiger partial charge in [0.2, 0.25) is 0 Å². The van der Waals surface area contributed by atoms with Crippen molar-refractivity contribution in [1.29, 1.82) is 0 Å². The molecule has 1 heterocycles.